The van der Waals surface area contributed by atoms with Crippen LogP contribution in [-0.2, 0) is 0 Å². The molecule has 1 aromatic rings. The van der Waals surface area contributed by atoms with Crippen molar-refractivity contribution < 1.29 is 4.92 Å². The summed E-state index contributed by atoms with van der Waals surface area (Å²) in [7, 11) is 0. The SMILES string of the molecule is CCN1CCN(c2cc(C)c(N)c([N+](=O)[O-])c2)CC1. The molecular formula is C13H20N4O2. The van der Waals surface area contributed by atoms with Crippen LogP contribution in [0.15, 0.2) is 12.1 Å². The van der Waals surface area contributed by atoms with Gasteiger partial charge in [0, 0.05) is 37.9 Å². The Bertz CT molecular complexity index is 482. The summed E-state index contributed by atoms with van der Waals surface area (Å²) in [5.74, 6) is 0. The van der Waals surface area contributed by atoms with Gasteiger partial charge >= 0.3 is 0 Å². The molecule has 0 aliphatic carbocycles. The average Bonchev–Trinajstić information content (AvgIpc) is 2.41. The molecule has 0 bridgehead atoms. The van der Waals surface area contributed by atoms with Gasteiger partial charge in [-0.2, -0.15) is 0 Å². The average molecular weight is 264 g/mol. The normalized spacial score (nSPS) is 16.6. The van der Waals surface area contributed by atoms with Gasteiger partial charge in [-0.05, 0) is 25.1 Å². The fourth-order valence-electron chi connectivity index (χ4n) is 2.42. The summed E-state index contributed by atoms with van der Waals surface area (Å²) in [6.07, 6.45) is 0. The largest absolute Gasteiger partial charge is 0.393 e. The molecule has 0 aromatic heterocycles. The molecule has 1 fully saturated rings. The first kappa shape index (κ1) is 13.6. The number of benzene rings is 1. The number of nitrogens with zero attached hydrogens (tertiary/aromatic N) is 3. The van der Waals surface area contributed by atoms with Crippen molar-refractivity contribution in [2.24, 2.45) is 0 Å². The molecular weight excluding hydrogens is 244 g/mol. The summed E-state index contributed by atoms with van der Waals surface area (Å²) in [6, 6.07) is 3.52. The number of nitrogens with two attached hydrogens (primary N) is 1. The molecule has 0 amide bonds. The van der Waals surface area contributed by atoms with E-state index in [2.05, 4.69) is 16.7 Å². The standard InChI is InChI=1S/C13H20N4O2/c1-3-15-4-6-16(7-5-15)11-8-10(2)13(14)12(9-11)17(18)19/h8-9H,3-7,14H2,1-2H3. The van der Waals surface area contributed by atoms with Crippen molar-refractivity contribution in [2.45, 2.75) is 13.8 Å². The summed E-state index contributed by atoms with van der Waals surface area (Å²) in [5, 5.41) is 11.0. The Morgan fingerprint density at radius 1 is 1.32 bits per heavy atom. The first-order valence-corrected chi connectivity index (χ1v) is 6.54. The monoisotopic (exact) mass is 264 g/mol. The predicted molar refractivity (Wildman–Crippen MR) is 76.6 cm³/mol. The van der Waals surface area contributed by atoms with Gasteiger partial charge in [0.25, 0.3) is 5.69 Å². The van der Waals surface area contributed by atoms with Gasteiger partial charge in [0.05, 0.1) is 4.92 Å². The van der Waals surface area contributed by atoms with Crippen LogP contribution in [0, 0.1) is 17.0 Å². The van der Waals surface area contributed by atoms with E-state index in [-0.39, 0.29) is 11.4 Å². The summed E-state index contributed by atoms with van der Waals surface area (Å²) in [4.78, 5) is 15.2. The number of rotatable bonds is 3. The van der Waals surface area contributed by atoms with Crippen LogP contribution < -0.4 is 10.6 Å². The lowest BCUT2D eigenvalue weighted by molar-refractivity contribution is -0.383. The lowest BCUT2D eigenvalue weighted by Crippen LogP contribution is -2.46. The molecule has 6 nitrogen and oxygen atoms in total. The summed E-state index contributed by atoms with van der Waals surface area (Å²) >= 11 is 0. The van der Waals surface area contributed by atoms with E-state index in [1.807, 2.05) is 13.0 Å². The van der Waals surface area contributed by atoms with E-state index in [4.69, 9.17) is 5.73 Å². The van der Waals surface area contributed by atoms with Crippen LogP contribution >= 0.6 is 0 Å². The van der Waals surface area contributed by atoms with Crippen molar-refractivity contribution in [2.75, 3.05) is 43.4 Å². The lowest BCUT2D eigenvalue weighted by atomic mass is 10.1. The second-order valence-corrected chi connectivity index (χ2v) is 4.87. The molecule has 0 unspecified atom stereocenters. The number of hydrogen-bond acceptors (Lipinski definition) is 5. The number of likely N-dealkylation sites (N-methyl/N-ethyl adjacent to an activating group) is 1. The van der Waals surface area contributed by atoms with Crippen LogP contribution in [0.5, 0.6) is 0 Å². The van der Waals surface area contributed by atoms with Gasteiger partial charge in [-0.15, -0.1) is 0 Å². The lowest BCUT2D eigenvalue weighted by Gasteiger charge is -2.35. The minimum atomic E-state index is -0.409. The zero-order chi connectivity index (χ0) is 14.0. The maximum Gasteiger partial charge on any atom is 0.294 e. The van der Waals surface area contributed by atoms with Gasteiger partial charge in [0.2, 0.25) is 0 Å². The number of aryl methyl sites for hydroxylation is 1. The van der Waals surface area contributed by atoms with Crippen molar-refractivity contribution in [1.29, 1.82) is 0 Å². The molecule has 0 radical (unpaired) electrons. The highest BCUT2D eigenvalue weighted by molar-refractivity contribution is 5.70. The summed E-state index contributed by atoms with van der Waals surface area (Å²) in [6.45, 7) is 8.79. The van der Waals surface area contributed by atoms with Crippen LogP contribution in [0.1, 0.15) is 12.5 Å². The van der Waals surface area contributed by atoms with Gasteiger partial charge in [-0.1, -0.05) is 6.92 Å². The molecule has 1 saturated heterocycles. The molecule has 2 rings (SSSR count). The third kappa shape index (κ3) is 2.78. The van der Waals surface area contributed by atoms with Crippen LogP contribution in [0.3, 0.4) is 0 Å². The Labute approximate surface area is 112 Å². The molecule has 19 heavy (non-hydrogen) atoms. The van der Waals surface area contributed by atoms with Crippen LogP contribution in [-0.4, -0.2) is 42.5 Å². The van der Waals surface area contributed by atoms with E-state index in [1.165, 1.54) is 0 Å². The maximum atomic E-state index is 11.0. The predicted octanol–water partition coefficient (Wildman–Crippen LogP) is 1.63. The van der Waals surface area contributed by atoms with Crippen molar-refractivity contribution in [3.8, 4) is 0 Å². The van der Waals surface area contributed by atoms with Crippen molar-refractivity contribution in [3.63, 3.8) is 0 Å². The Morgan fingerprint density at radius 3 is 2.47 bits per heavy atom. The van der Waals surface area contributed by atoms with Gasteiger partial charge < -0.3 is 15.5 Å². The highest BCUT2D eigenvalue weighted by atomic mass is 16.6. The Hall–Kier alpha value is -1.82. The molecule has 1 aliphatic rings. The van der Waals surface area contributed by atoms with E-state index in [0.29, 0.717) is 0 Å². The van der Waals surface area contributed by atoms with Gasteiger partial charge in [-0.25, -0.2) is 0 Å². The second-order valence-electron chi connectivity index (χ2n) is 4.87. The van der Waals surface area contributed by atoms with E-state index in [0.717, 1.165) is 44.0 Å². The molecule has 2 N–H and O–H groups in total. The Morgan fingerprint density at radius 2 is 1.95 bits per heavy atom. The van der Waals surface area contributed by atoms with Crippen LogP contribution in [0.2, 0.25) is 0 Å². The molecule has 1 heterocycles. The molecule has 0 saturated carbocycles. The summed E-state index contributed by atoms with van der Waals surface area (Å²) < 4.78 is 0. The zero-order valence-corrected chi connectivity index (χ0v) is 11.4. The highest BCUT2D eigenvalue weighted by Crippen LogP contribution is 2.31. The minimum Gasteiger partial charge on any atom is -0.393 e. The number of nitro groups is 1. The number of nitro benzene ring substituents is 1. The second kappa shape index (κ2) is 5.44. The maximum absolute atomic E-state index is 11.0. The molecule has 104 valence electrons. The van der Waals surface area contributed by atoms with Crippen LogP contribution in [0.4, 0.5) is 17.1 Å². The molecule has 0 atom stereocenters. The van der Waals surface area contributed by atoms with E-state index in [1.54, 1.807) is 6.07 Å². The smallest absolute Gasteiger partial charge is 0.294 e. The first-order valence-electron chi connectivity index (χ1n) is 6.54. The molecule has 1 aliphatic heterocycles. The highest BCUT2D eigenvalue weighted by Gasteiger charge is 2.21. The quantitative estimate of drug-likeness (QED) is 0.510. The molecule has 6 heteroatoms. The summed E-state index contributed by atoms with van der Waals surface area (Å²) in [5.41, 5.74) is 7.69. The number of piperazine rings is 1. The van der Waals surface area contributed by atoms with E-state index < -0.39 is 4.92 Å². The molecule has 1 aromatic carbocycles. The number of nitrogen functional groups attached to an aromatic ring is 1. The fourth-order valence-corrected chi connectivity index (χ4v) is 2.42. The van der Waals surface area contributed by atoms with Crippen molar-refractivity contribution >= 4 is 17.1 Å². The fraction of sp³-hybridized carbons (Fsp3) is 0.538. The van der Waals surface area contributed by atoms with Gasteiger partial charge in [0.15, 0.2) is 0 Å². The topological polar surface area (TPSA) is 75.6 Å². The minimum absolute atomic E-state index is 0.00733. The molecule has 0 spiro atoms. The van der Waals surface area contributed by atoms with Crippen LogP contribution in [0.25, 0.3) is 0 Å². The number of anilines is 2. The zero-order valence-electron chi connectivity index (χ0n) is 11.4. The third-order valence-corrected chi connectivity index (χ3v) is 3.73. The Balaban J connectivity index is 2.24. The number of hydrogen-bond donors (Lipinski definition) is 1. The van der Waals surface area contributed by atoms with Gasteiger partial charge in [0.1, 0.15) is 5.69 Å². The van der Waals surface area contributed by atoms with Gasteiger partial charge in [-0.3, -0.25) is 10.1 Å². The first-order chi connectivity index (χ1) is 9.02. The Kier molecular flexibility index (Phi) is 3.90. The van der Waals surface area contributed by atoms with Crippen molar-refractivity contribution in [3.05, 3.63) is 27.8 Å². The van der Waals surface area contributed by atoms with E-state index in [9.17, 15) is 10.1 Å². The third-order valence-electron chi connectivity index (χ3n) is 3.73. The van der Waals surface area contributed by atoms with Crippen molar-refractivity contribution in [1.82, 2.24) is 4.90 Å². The van der Waals surface area contributed by atoms with E-state index >= 15 is 0 Å².